The molecule has 0 spiro atoms. The Kier molecular flexibility index (Phi) is 4.18. The maximum atomic E-state index is 12.6. The van der Waals surface area contributed by atoms with Crippen molar-refractivity contribution in [1.29, 1.82) is 0 Å². The summed E-state index contributed by atoms with van der Waals surface area (Å²) < 4.78 is 0. The third-order valence-electron chi connectivity index (χ3n) is 5.39. The first kappa shape index (κ1) is 16.8. The first-order chi connectivity index (χ1) is 12.0. The highest BCUT2D eigenvalue weighted by Crippen LogP contribution is 2.46. The van der Waals surface area contributed by atoms with Crippen LogP contribution in [-0.4, -0.2) is 36.8 Å². The average Bonchev–Trinajstić information content (AvgIpc) is 3.18. The number of carbonyl (C=O) groups is 1. The van der Waals surface area contributed by atoms with Crippen molar-refractivity contribution < 1.29 is 9.90 Å². The number of hydrogen-bond acceptors (Lipinski definition) is 4. The molecule has 1 aromatic carbocycles. The van der Waals surface area contributed by atoms with Gasteiger partial charge in [0.05, 0.1) is 11.0 Å². The molecule has 2 unspecified atom stereocenters. The van der Waals surface area contributed by atoms with Gasteiger partial charge in [0.15, 0.2) is 0 Å². The van der Waals surface area contributed by atoms with E-state index >= 15 is 0 Å². The molecule has 4 rings (SSSR count). The molecular weight excluding hydrogens is 332 g/mol. The minimum Gasteiger partial charge on any atom is -0.391 e. The molecule has 2 heterocycles. The standard InChI is InChI=1S/C20H24N2O2S/c1-20(2)8-12-7-17(19(24)22-10-13-9-21-11-16(13)23)25-18(12)14-5-3-4-6-15(14)20/h3-7,13,16,21,23H,8-11H2,1-2H3,(H,22,24). The lowest BCUT2D eigenvalue weighted by atomic mass is 9.73. The molecule has 0 saturated carbocycles. The normalized spacial score (nSPS) is 23.8. The SMILES string of the molecule is CC1(C)Cc2cc(C(=O)NCC3CNCC3O)sc2-c2ccccc21. The van der Waals surface area contributed by atoms with Crippen LogP contribution in [0.15, 0.2) is 30.3 Å². The van der Waals surface area contributed by atoms with Gasteiger partial charge in [0.25, 0.3) is 5.91 Å². The zero-order valence-corrected chi connectivity index (χ0v) is 15.5. The third kappa shape index (κ3) is 3.01. The lowest BCUT2D eigenvalue weighted by Crippen LogP contribution is -2.34. The summed E-state index contributed by atoms with van der Waals surface area (Å²) in [4.78, 5) is 14.6. The molecule has 132 valence electrons. The summed E-state index contributed by atoms with van der Waals surface area (Å²) in [5.41, 5.74) is 3.96. The average molecular weight is 356 g/mol. The lowest BCUT2D eigenvalue weighted by molar-refractivity contribution is 0.0931. The van der Waals surface area contributed by atoms with Crippen molar-refractivity contribution >= 4 is 17.2 Å². The first-order valence-electron chi connectivity index (χ1n) is 8.85. The fraction of sp³-hybridized carbons (Fsp3) is 0.450. The van der Waals surface area contributed by atoms with E-state index in [1.54, 1.807) is 11.3 Å². The number of benzene rings is 1. The Bertz CT molecular complexity index is 812. The van der Waals surface area contributed by atoms with Crippen LogP contribution in [0, 0.1) is 5.92 Å². The minimum absolute atomic E-state index is 0.0335. The molecule has 0 radical (unpaired) electrons. The summed E-state index contributed by atoms with van der Waals surface area (Å²) in [6, 6.07) is 10.6. The minimum atomic E-state index is -0.371. The number of hydrogen-bond donors (Lipinski definition) is 3. The quantitative estimate of drug-likeness (QED) is 0.792. The Hall–Kier alpha value is -1.69. The number of aliphatic hydroxyl groups is 1. The van der Waals surface area contributed by atoms with Crippen LogP contribution in [0.25, 0.3) is 10.4 Å². The van der Waals surface area contributed by atoms with Gasteiger partial charge in [0.1, 0.15) is 0 Å². The van der Waals surface area contributed by atoms with Crippen molar-refractivity contribution in [2.45, 2.75) is 31.8 Å². The Morgan fingerprint density at radius 2 is 2.16 bits per heavy atom. The van der Waals surface area contributed by atoms with E-state index in [0.717, 1.165) is 17.8 Å². The molecule has 1 saturated heterocycles. The summed E-state index contributed by atoms with van der Waals surface area (Å²) in [6.45, 7) is 6.41. The molecule has 2 atom stereocenters. The maximum absolute atomic E-state index is 12.6. The van der Waals surface area contributed by atoms with Crippen LogP contribution in [0.2, 0.25) is 0 Å². The number of aliphatic hydroxyl groups excluding tert-OH is 1. The lowest BCUT2D eigenvalue weighted by Gasteiger charge is -2.32. The number of rotatable bonds is 3. The van der Waals surface area contributed by atoms with Gasteiger partial charge < -0.3 is 15.7 Å². The molecule has 4 nitrogen and oxygen atoms in total. The molecular formula is C20H24N2O2S. The van der Waals surface area contributed by atoms with E-state index in [0.29, 0.717) is 13.1 Å². The molecule has 1 aliphatic heterocycles. The zero-order valence-electron chi connectivity index (χ0n) is 14.6. The fourth-order valence-corrected chi connectivity index (χ4v) is 5.12. The summed E-state index contributed by atoms with van der Waals surface area (Å²) in [6.07, 6.45) is 0.582. The molecule has 3 N–H and O–H groups in total. The monoisotopic (exact) mass is 356 g/mol. The second-order valence-corrected chi connectivity index (χ2v) is 8.82. The molecule has 25 heavy (non-hydrogen) atoms. The Labute approximate surface area is 152 Å². The number of nitrogens with one attached hydrogen (secondary N) is 2. The van der Waals surface area contributed by atoms with Gasteiger partial charge in [-0.15, -0.1) is 11.3 Å². The van der Waals surface area contributed by atoms with Gasteiger partial charge in [-0.05, 0) is 34.6 Å². The third-order valence-corrected chi connectivity index (χ3v) is 6.60. The van der Waals surface area contributed by atoms with E-state index in [1.807, 2.05) is 0 Å². The smallest absolute Gasteiger partial charge is 0.261 e. The van der Waals surface area contributed by atoms with Crippen LogP contribution in [0.5, 0.6) is 0 Å². The second kappa shape index (κ2) is 6.24. The molecule has 1 fully saturated rings. The largest absolute Gasteiger partial charge is 0.391 e. The zero-order chi connectivity index (χ0) is 17.6. The number of thiophene rings is 1. The highest BCUT2D eigenvalue weighted by molar-refractivity contribution is 7.17. The molecule has 5 heteroatoms. The first-order valence-corrected chi connectivity index (χ1v) is 9.67. The van der Waals surface area contributed by atoms with Crippen molar-refractivity contribution in [3.05, 3.63) is 46.3 Å². The van der Waals surface area contributed by atoms with E-state index in [-0.39, 0.29) is 23.3 Å². The highest BCUT2D eigenvalue weighted by atomic mass is 32.1. The van der Waals surface area contributed by atoms with Crippen molar-refractivity contribution in [2.75, 3.05) is 19.6 Å². The van der Waals surface area contributed by atoms with Gasteiger partial charge in [0.2, 0.25) is 0 Å². The molecule has 1 aromatic heterocycles. The van der Waals surface area contributed by atoms with Gasteiger partial charge in [-0.1, -0.05) is 38.1 Å². The molecule has 2 aliphatic rings. The highest BCUT2D eigenvalue weighted by Gasteiger charge is 2.33. The summed E-state index contributed by atoms with van der Waals surface area (Å²) in [5.74, 6) is 0.0620. The van der Waals surface area contributed by atoms with Crippen molar-refractivity contribution in [3.63, 3.8) is 0 Å². The van der Waals surface area contributed by atoms with Crippen LogP contribution in [0.3, 0.4) is 0 Å². The van der Waals surface area contributed by atoms with E-state index in [1.165, 1.54) is 21.6 Å². The number of amides is 1. The van der Waals surface area contributed by atoms with Crippen molar-refractivity contribution in [2.24, 2.45) is 5.92 Å². The van der Waals surface area contributed by atoms with E-state index in [4.69, 9.17) is 0 Å². The van der Waals surface area contributed by atoms with Gasteiger partial charge in [-0.25, -0.2) is 0 Å². The van der Waals surface area contributed by atoms with Crippen LogP contribution in [0.1, 0.15) is 34.6 Å². The Morgan fingerprint density at radius 3 is 2.92 bits per heavy atom. The van der Waals surface area contributed by atoms with Crippen molar-refractivity contribution in [1.82, 2.24) is 10.6 Å². The van der Waals surface area contributed by atoms with Crippen molar-refractivity contribution in [3.8, 4) is 10.4 Å². The van der Waals surface area contributed by atoms with Crippen LogP contribution < -0.4 is 10.6 Å². The van der Waals surface area contributed by atoms with Gasteiger partial charge >= 0.3 is 0 Å². The second-order valence-electron chi connectivity index (χ2n) is 7.77. The topological polar surface area (TPSA) is 61.4 Å². The van der Waals surface area contributed by atoms with E-state index in [2.05, 4.69) is 54.8 Å². The van der Waals surface area contributed by atoms with E-state index in [9.17, 15) is 9.90 Å². The van der Waals surface area contributed by atoms with Gasteiger partial charge in [0, 0.05) is 30.4 Å². The van der Waals surface area contributed by atoms with Crippen LogP contribution in [-0.2, 0) is 11.8 Å². The summed E-state index contributed by atoms with van der Waals surface area (Å²) >= 11 is 1.58. The predicted octanol–water partition coefficient (Wildman–Crippen LogP) is 2.56. The van der Waals surface area contributed by atoms with Crippen LogP contribution in [0.4, 0.5) is 0 Å². The number of β-amino-alcohol motifs (C(OH)–C–C–N with tert-alkyl or cyclic N) is 1. The van der Waals surface area contributed by atoms with Crippen LogP contribution >= 0.6 is 11.3 Å². The van der Waals surface area contributed by atoms with E-state index < -0.39 is 0 Å². The number of fused-ring (bicyclic) bond motifs is 3. The number of carbonyl (C=O) groups excluding carboxylic acids is 1. The predicted molar refractivity (Wildman–Crippen MR) is 101 cm³/mol. The summed E-state index contributed by atoms with van der Waals surface area (Å²) in [7, 11) is 0. The molecule has 2 aromatic rings. The molecule has 1 aliphatic carbocycles. The van der Waals surface area contributed by atoms with Gasteiger partial charge in [-0.3, -0.25) is 4.79 Å². The van der Waals surface area contributed by atoms with Gasteiger partial charge in [-0.2, -0.15) is 0 Å². The Balaban J connectivity index is 1.57. The summed E-state index contributed by atoms with van der Waals surface area (Å²) in [5, 5.41) is 16.0. The molecule has 0 bridgehead atoms. The fourth-order valence-electron chi connectivity index (χ4n) is 3.98. The maximum Gasteiger partial charge on any atom is 0.261 e. The Morgan fingerprint density at radius 1 is 1.36 bits per heavy atom. The molecule has 1 amide bonds.